The average molecular weight is 284 g/mol. The van der Waals surface area contributed by atoms with Crippen LogP contribution >= 0.6 is 11.8 Å². The van der Waals surface area contributed by atoms with Gasteiger partial charge in [-0.25, -0.2) is 4.39 Å². The predicted octanol–water partition coefficient (Wildman–Crippen LogP) is 3.73. The number of aryl methyl sites for hydroxylation is 1. The minimum Gasteiger partial charge on any atom is -0.372 e. The minimum absolute atomic E-state index is 0.166. The zero-order chi connectivity index (χ0) is 14.6. The summed E-state index contributed by atoms with van der Waals surface area (Å²) in [4.78, 5) is 2.21. The number of thioether (sulfide) groups is 1. The van der Waals surface area contributed by atoms with Gasteiger partial charge in [-0.15, -0.1) is 0 Å². The van der Waals surface area contributed by atoms with E-state index in [1.807, 2.05) is 24.8 Å². The second-order valence-electron chi connectivity index (χ2n) is 5.19. The van der Waals surface area contributed by atoms with Gasteiger partial charge in [-0.2, -0.15) is 11.8 Å². The Morgan fingerprint density at radius 1 is 1.37 bits per heavy atom. The molecule has 0 bridgehead atoms. The Bertz CT molecular complexity index is 421. The van der Waals surface area contributed by atoms with Gasteiger partial charge in [0.25, 0.3) is 0 Å². The Balaban J connectivity index is 3.06. The summed E-state index contributed by atoms with van der Waals surface area (Å²) in [5.41, 5.74) is 8.56. The molecule has 1 rings (SSSR count). The summed E-state index contributed by atoms with van der Waals surface area (Å²) < 4.78 is 13.7. The Kier molecular flexibility index (Phi) is 6.14. The highest BCUT2D eigenvalue weighted by molar-refractivity contribution is 7.98. The first-order chi connectivity index (χ1) is 8.88. The van der Waals surface area contributed by atoms with Crippen LogP contribution < -0.4 is 10.6 Å². The third-order valence-corrected chi connectivity index (χ3v) is 4.22. The van der Waals surface area contributed by atoms with Crippen LogP contribution in [0.5, 0.6) is 0 Å². The van der Waals surface area contributed by atoms with Crippen molar-refractivity contribution in [2.75, 3.05) is 24.0 Å². The Labute approximate surface area is 120 Å². The largest absolute Gasteiger partial charge is 0.372 e. The molecule has 2 nitrogen and oxygen atoms in total. The molecule has 0 aromatic heterocycles. The van der Waals surface area contributed by atoms with Gasteiger partial charge in [0.1, 0.15) is 5.82 Å². The fourth-order valence-corrected chi connectivity index (χ4v) is 2.65. The molecule has 1 aromatic carbocycles. The third-order valence-electron chi connectivity index (χ3n) is 3.58. The summed E-state index contributed by atoms with van der Waals surface area (Å²) in [6, 6.07) is 3.73. The van der Waals surface area contributed by atoms with Crippen molar-refractivity contribution in [3.63, 3.8) is 0 Å². The smallest absolute Gasteiger partial charge is 0.126 e. The van der Waals surface area contributed by atoms with E-state index in [0.29, 0.717) is 11.6 Å². The molecule has 0 amide bonds. The van der Waals surface area contributed by atoms with Gasteiger partial charge in [-0.1, -0.05) is 0 Å². The number of halogens is 1. The third kappa shape index (κ3) is 4.11. The SMILES string of the molecule is CSCCC(C)N(C)c1cc(C)c(F)cc1[C@@H](C)N. The zero-order valence-corrected chi connectivity index (χ0v) is 13.4. The van der Waals surface area contributed by atoms with Crippen LogP contribution in [0.15, 0.2) is 12.1 Å². The van der Waals surface area contributed by atoms with Crippen LogP contribution in [0, 0.1) is 12.7 Å². The molecule has 2 atom stereocenters. The van der Waals surface area contributed by atoms with Crippen molar-refractivity contribution in [2.24, 2.45) is 5.73 Å². The maximum Gasteiger partial charge on any atom is 0.126 e. The highest BCUT2D eigenvalue weighted by atomic mass is 32.2. The van der Waals surface area contributed by atoms with Crippen molar-refractivity contribution in [2.45, 2.75) is 39.3 Å². The molecule has 0 heterocycles. The molecule has 2 N–H and O–H groups in total. The van der Waals surface area contributed by atoms with Crippen LogP contribution in [-0.4, -0.2) is 25.1 Å². The summed E-state index contributed by atoms with van der Waals surface area (Å²) >= 11 is 1.85. The van der Waals surface area contributed by atoms with Crippen molar-refractivity contribution in [1.82, 2.24) is 0 Å². The van der Waals surface area contributed by atoms with E-state index in [2.05, 4.69) is 25.1 Å². The number of anilines is 1. The number of hydrogen-bond acceptors (Lipinski definition) is 3. The number of nitrogens with zero attached hydrogens (tertiary/aromatic N) is 1. The highest BCUT2D eigenvalue weighted by Crippen LogP contribution is 2.29. The maximum absolute atomic E-state index is 13.7. The Morgan fingerprint density at radius 2 is 2.00 bits per heavy atom. The average Bonchev–Trinajstić information content (AvgIpc) is 2.37. The van der Waals surface area contributed by atoms with Crippen LogP contribution in [0.3, 0.4) is 0 Å². The molecule has 0 saturated carbocycles. The van der Waals surface area contributed by atoms with Gasteiger partial charge in [0.2, 0.25) is 0 Å². The van der Waals surface area contributed by atoms with E-state index in [4.69, 9.17) is 5.73 Å². The lowest BCUT2D eigenvalue weighted by Crippen LogP contribution is -2.31. The number of hydrogen-bond donors (Lipinski definition) is 1. The van der Waals surface area contributed by atoms with Crippen molar-refractivity contribution >= 4 is 17.4 Å². The first-order valence-corrected chi connectivity index (χ1v) is 8.05. The van der Waals surface area contributed by atoms with E-state index in [-0.39, 0.29) is 11.9 Å². The van der Waals surface area contributed by atoms with Crippen LogP contribution in [0.1, 0.15) is 37.4 Å². The van der Waals surface area contributed by atoms with E-state index in [9.17, 15) is 4.39 Å². The topological polar surface area (TPSA) is 29.3 Å². The van der Waals surface area contributed by atoms with Crippen LogP contribution in [0.2, 0.25) is 0 Å². The minimum atomic E-state index is -0.179. The van der Waals surface area contributed by atoms with E-state index in [1.165, 1.54) is 0 Å². The summed E-state index contributed by atoms with van der Waals surface area (Å²) in [7, 11) is 2.06. The molecular weight excluding hydrogens is 259 g/mol. The van der Waals surface area contributed by atoms with Gasteiger partial charge >= 0.3 is 0 Å². The molecule has 1 aromatic rings. The molecule has 0 spiro atoms. The zero-order valence-electron chi connectivity index (χ0n) is 12.5. The number of rotatable bonds is 6. The fraction of sp³-hybridized carbons (Fsp3) is 0.600. The summed E-state index contributed by atoms with van der Waals surface area (Å²) in [6.07, 6.45) is 3.22. The first kappa shape index (κ1) is 16.3. The lowest BCUT2D eigenvalue weighted by Gasteiger charge is -2.30. The standard InChI is InChI=1S/C15H25FN2S/c1-10-8-15(13(12(3)17)9-14(10)16)18(4)11(2)6-7-19-5/h8-9,11-12H,6-7,17H2,1-5H3/t11?,12-/m1/s1. The molecular formula is C15H25FN2S. The maximum atomic E-state index is 13.7. The molecule has 1 unspecified atom stereocenters. The molecule has 19 heavy (non-hydrogen) atoms. The lowest BCUT2D eigenvalue weighted by molar-refractivity contribution is 0.609. The molecule has 0 aliphatic carbocycles. The Hall–Kier alpha value is -0.740. The van der Waals surface area contributed by atoms with Crippen molar-refractivity contribution in [3.8, 4) is 0 Å². The van der Waals surface area contributed by atoms with Crippen LogP contribution in [0.25, 0.3) is 0 Å². The predicted molar refractivity (Wildman–Crippen MR) is 84.6 cm³/mol. The quantitative estimate of drug-likeness (QED) is 0.863. The molecule has 0 radical (unpaired) electrons. The second-order valence-corrected chi connectivity index (χ2v) is 6.18. The van der Waals surface area contributed by atoms with E-state index >= 15 is 0 Å². The molecule has 108 valence electrons. The van der Waals surface area contributed by atoms with Gasteiger partial charge < -0.3 is 10.6 Å². The first-order valence-electron chi connectivity index (χ1n) is 6.65. The Morgan fingerprint density at radius 3 is 2.53 bits per heavy atom. The molecule has 0 fully saturated rings. The van der Waals surface area contributed by atoms with Crippen molar-refractivity contribution < 1.29 is 4.39 Å². The summed E-state index contributed by atoms with van der Waals surface area (Å²) in [5, 5.41) is 0. The van der Waals surface area contributed by atoms with Gasteiger partial charge in [-0.05, 0) is 62.5 Å². The van der Waals surface area contributed by atoms with E-state index in [0.717, 1.165) is 23.4 Å². The van der Waals surface area contributed by atoms with E-state index in [1.54, 1.807) is 13.0 Å². The summed E-state index contributed by atoms with van der Waals surface area (Å²) in [6.45, 7) is 5.89. The monoisotopic (exact) mass is 284 g/mol. The highest BCUT2D eigenvalue weighted by Gasteiger charge is 2.17. The van der Waals surface area contributed by atoms with Crippen LogP contribution in [-0.2, 0) is 0 Å². The van der Waals surface area contributed by atoms with Crippen LogP contribution in [0.4, 0.5) is 10.1 Å². The lowest BCUT2D eigenvalue weighted by atomic mass is 10.0. The van der Waals surface area contributed by atoms with Gasteiger partial charge in [0, 0.05) is 24.8 Å². The van der Waals surface area contributed by atoms with Crippen molar-refractivity contribution in [1.29, 1.82) is 0 Å². The van der Waals surface area contributed by atoms with E-state index < -0.39 is 0 Å². The normalized spacial score (nSPS) is 14.3. The number of benzene rings is 1. The molecule has 0 aliphatic heterocycles. The second kappa shape index (κ2) is 7.15. The molecule has 0 aliphatic rings. The van der Waals surface area contributed by atoms with Gasteiger partial charge in [0.15, 0.2) is 0 Å². The molecule has 0 saturated heterocycles. The molecule has 4 heteroatoms. The fourth-order valence-electron chi connectivity index (χ4n) is 2.07. The summed E-state index contributed by atoms with van der Waals surface area (Å²) in [5.74, 6) is 0.945. The van der Waals surface area contributed by atoms with Crippen molar-refractivity contribution in [3.05, 3.63) is 29.1 Å². The number of nitrogens with two attached hydrogens (primary N) is 1. The van der Waals surface area contributed by atoms with Gasteiger partial charge in [-0.3, -0.25) is 0 Å². The van der Waals surface area contributed by atoms with Gasteiger partial charge in [0.05, 0.1) is 0 Å².